The van der Waals surface area contributed by atoms with Crippen molar-refractivity contribution in [1.82, 2.24) is 4.31 Å². The molecule has 15 nitrogen and oxygen atoms in total. The summed E-state index contributed by atoms with van der Waals surface area (Å²) in [7, 11) is -15.7. The van der Waals surface area contributed by atoms with E-state index in [1.165, 1.54) is 35.6 Å². The van der Waals surface area contributed by atoms with Gasteiger partial charge in [0.05, 0.1) is 31.1 Å². The minimum Gasteiger partial charge on any atom is -0.748 e. The van der Waals surface area contributed by atoms with Crippen molar-refractivity contribution in [3.05, 3.63) is 83.6 Å². The molecule has 0 spiro atoms. The van der Waals surface area contributed by atoms with Crippen LogP contribution in [-0.2, 0) is 56.0 Å². The molecule has 58 heavy (non-hydrogen) atoms. The number of anilines is 1. The third kappa shape index (κ3) is 11.0. The van der Waals surface area contributed by atoms with Crippen LogP contribution < -0.4 is 4.90 Å². The van der Waals surface area contributed by atoms with Crippen molar-refractivity contribution < 1.29 is 56.7 Å². The number of hydrogen-bond acceptors (Lipinski definition) is 11. The van der Waals surface area contributed by atoms with Crippen molar-refractivity contribution >= 4 is 63.2 Å². The Balaban J connectivity index is 1.68. The molecule has 0 radical (unpaired) electrons. The largest absolute Gasteiger partial charge is 0.748 e. The number of rotatable bonds is 19. The Labute approximate surface area is 343 Å². The van der Waals surface area contributed by atoms with Crippen LogP contribution in [0.4, 0.5) is 11.4 Å². The molecular formula is C39H53N3O12S4. The minimum atomic E-state index is -4.52. The lowest BCUT2D eigenvalue weighted by Crippen LogP contribution is -2.30. The quantitative estimate of drug-likeness (QED) is 0.108. The first-order chi connectivity index (χ1) is 26.6. The number of ketones is 1. The Morgan fingerprint density at radius 2 is 1.48 bits per heavy atom. The van der Waals surface area contributed by atoms with Crippen LogP contribution in [0.15, 0.2) is 82.3 Å². The highest BCUT2D eigenvalue weighted by Gasteiger charge is 2.45. The van der Waals surface area contributed by atoms with Gasteiger partial charge in [-0.2, -0.15) is 21.4 Å². The van der Waals surface area contributed by atoms with Gasteiger partial charge in [0.2, 0.25) is 15.7 Å². The van der Waals surface area contributed by atoms with E-state index in [0.717, 1.165) is 0 Å². The molecule has 0 bridgehead atoms. The second-order valence-electron chi connectivity index (χ2n) is 15.9. The van der Waals surface area contributed by atoms with Crippen LogP contribution in [0, 0.1) is 5.92 Å². The van der Waals surface area contributed by atoms with Crippen molar-refractivity contribution in [2.45, 2.75) is 87.8 Å². The Morgan fingerprint density at radius 3 is 2.09 bits per heavy atom. The molecule has 0 aromatic heterocycles. The first kappa shape index (κ1) is 47.1. The standard InChI is InChI=1S/C39H53N3O12S4/c1-28(2)35(43)14-11-21-40(7)57(50,51)29-17-19-33-31(26-29)38(3,4)36(41(33)22-12-24-55(44,45)46)15-9-8-10-16-37-39(5,6)32-27-30(58(52,53)54)18-20-34(32)42(37)23-13-25-56(47,48)49/h8-10,15-20,26-28H,11-14,21-25H2,1-7H3,(H2-,44,45,46,47,48,49,52,53,54). The van der Waals surface area contributed by atoms with Crippen LogP contribution in [0.25, 0.3) is 0 Å². The Morgan fingerprint density at radius 1 is 0.845 bits per heavy atom. The maximum atomic E-state index is 13.7. The van der Waals surface area contributed by atoms with E-state index in [1.54, 1.807) is 50.3 Å². The Bertz CT molecular complexity index is 2500. The highest BCUT2D eigenvalue weighted by atomic mass is 32.2. The maximum Gasteiger partial charge on any atom is 0.294 e. The first-order valence-corrected chi connectivity index (χ1v) is 24.8. The average molecular weight is 884 g/mol. The molecule has 4 rings (SSSR count). The number of allylic oxidation sites excluding steroid dienone is 6. The summed E-state index contributed by atoms with van der Waals surface area (Å²) in [6.45, 7) is 11.6. The van der Waals surface area contributed by atoms with Gasteiger partial charge < -0.3 is 9.45 Å². The summed E-state index contributed by atoms with van der Waals surface area (Å²) >= 11 is 0. The van der Waals surface area contributed by atoms with E-state index in [9.17, 15) is 52.1 Å². The van der Waals surface area contributed by atoms with Crippen LogP contribution in [0.2, 0.25) is 0 Å². The molecule has 0 aliphatic carbocycles. The fourth-order valence-electron chi connectivity index (χ4n) is 7.34. The number of fused-ring (bicyclic) bond motifs is 2. The second-order valence-corrected chi connectivity index (χ2v) is 22.4. The highest BCUT2D eigenvalue weighted by molar-refractivity contribution is 7.89. The van der Waals surface area contributed by atoms with Crippen LogP contribution in [0.1, 0.15) is 78.4 Å². The Kier molecular flexibility index (Phi) is 14.3. The van der Waals surface area contributed by atoms with Crippen molar-refractivity contribution in [3.63, 3.8) is 0 Å². The maximum absolute atomic E-state index is 13.7. The molecule has 2 aromatic carbocycles. The lowest BCUT2D eigenvalue weighted by molar-refractivity contribution is -0.437. The predicted molar refractivity (Wildman–Crippen MR) is 221 cm³/mol. The summed E-state index contributed by atoms with van der Waals surface area (Å²) < 4.78 is 131. The zero-order valence-corrected chi connectivity index (χ0v) is 37.0. The third-order valence-corrected chi connectivity index (χ3v) is 14.9. The fraction of sp³-hybridized carbons (Fsp3) is 0.487. The number of carbonyl (C=O) groups is 1. The molecule has 0 saturated carbocycles. The summed E-state index contributed by atoms with van der Waals surface area (Å²) in [5.74, 6) is -1.17. The molecule has 2 aliphatic heterocycles. The van der Waals surface area contributed by atoms with Crippen LogP contribution in [-0.4, -0.2) is 106 Å². The van der Waals surface area contributed by atoms with Gasteiger partial charge in [-0.05, 0) is 68.7 Å². The smallest absolute Gasteiger partial charge is 0.294 e. The summed E-state index contributed by atoms with van der Waals surface area (Å²) in [5, 5.41) is 0. The van der Waals surface area contributed by atoms with Gasteiger partial charge in [-0.3, -0.25) is 13.9 Å². The van der Waals surface area contributed by atoms with E-state index >= 15 is 0 Å². The van der Waals surface area contributed by atoms with E-state index in [-0.39, 0.29) is 60.4 Å². The van der Waals surface area contributed by atoms with Crippen molar-refractivity contribution in [2.75, 3.05) is 43.1 Å². The highest BCUT2D eigenvalue weighted by Crippen LogP contribution is 2.48. The van der Waals surface area contributed by atoms with Gasteiger partial charge in [-0.25, -0.2) is 21.1 Å². The molecule has 320 valence electrons. The van der Waals surface area contributed by atoms with Crippen molar-refractivity contribution in [3.8, 4) is 0 Å². The molecule has 0 unspecified atom stereocenters. The third-order valence-electron chi connectivity index (χ3n) is 10.6. The SMILES string of the molecule is CC(C)C(=O)CCCN(C)S(=O)(=O)c1ccc2c(c1)C(C)(C)C(/C=C/C=C/C=C1/N(CCCS(=O)(=O)O)c3ccc(S(=O)(=O)O)cc3C1(C)C)=[N+]2CCCS(=O)(=O)[O-]. The molecule has 0 fully saturated rings. The zero-order valence-electron chi connectivity index (χ0n) is 33.7. The van der Waals surface area contributed by atoms with Gasteiger partial charge in [-0.15, -0.1) is 0 Å². The molecule has 2 aromatic rings. The van der Waals surface area contributed by atoms with Gasteiger partial charge in [0.15, 0.2) is 5.71 Å². The summed E-state index contributed by atoms with van der Waals surface area (Å²) in [4.78, 5) is 13.7. The molecule has 0 saturated heterocycles. The molecule has 19 heteroatoms. The number of carbonyl (C=O) groups excluding carboxylic acids is 1. The Hall–Kier alpha value is -3.56. The number of nitrogens with zero attached hydrogens (tertiary/aromatic N) is 3. The minimum absolute atomic E-state index is 0.0148. The molecule has 2 heterocycles. The van der Waals surface area contributed by atoms with E-state index in [4.69, 9.17) is 0 Å². The molecule has 0 amide bonds. The van der Waals surface area contributed by atoms with E-state index in [1.807, 2.05) is 43.2 Å². The lowest BCUT2D eigenvalue weighted by atomic mass is 9.81. The van der Waals surface area contributed by atoms with Gasteiger partial charge in [0, 0.05) is 79.2 Å². The molecule has 2 aliphatic rings. The topological polar surface area (TPSA) is 227 Å². The van der Waals surface area contributed by atoms with E-state index in [0.29, 0.717) is 40.3 Å². The zero-order chi connectivity index (χ0) is 43.6. The normalized spacial score (nSPS) is 17.7. The lowest BCUT2D eigenvalue weighted by Gasteiger charge is -2.27. The van der Waals surface area contributed by atoms with Gasteiger partial charge in [-0.1, -0.05) is 45.9 Å². The number of hydrogen-bond donors (Lipinski definition) is 2. The molecule has 0 atom stereocenters. The number of sulfonamides is 1. The summed E-state index contributed by atoms with van der Waals surface area (Å²) in [5.41, 5.74) is 2.30. The number of Topliss-reactive ketones (excluding diaryl/α,β-unsaturated/α-hetero) is 1. The monoisotopic (exact) mass is 883 g/mol. The predicted octanol–water partition coefficient (Wildman–Crippen LogP) is 4.94. The second kappa shape index (κ2) is 17.6. The van der Waals surface area contributed by atoms with Gasteiger partial charge in [0.1, 0.15) is 12.3 Å². The molecular weight excluding hydrogens is 831 g/mol. The van der Waals surface area contributed by atoms with E-state index in [2.05, 4.69) is 0 Å². The molecule has 2 N–H and O–H groups in total. The van der Waals surface area contributed by atoms with E-state index < -0.39 is 62.7 Å². The first-order valence-electron chi connectivity index (χ1n) is 18.7. The van der Waals surface area contributed by atoms with Crippen LogP contribution >= 0.6 is 0 Å². The van der Waals surface area contributed by atoms with Crippen molar-refractivity contribution in [1.29, 1.82) is 0 Å². The van der Waals surface area contributed by atoms with Crippen molar-refractivity contribution in [2.24, 2.45) is 5.92 Å². The van der Waals surface area contributed by atoms with Gasteiger partial charge in [0.25, 0.3) is 20.2 Å². The van der Waals surface area contributed by atoms with Crippen LogP contribution in [0.5, 0.6) is 0 Å². The van der Waals surface area contributed by atoms with Crippen LogP contribution in [0.3, 0.4) is 0 Å². The average Bonchev–Trinajstić information content (AvgIpc) is 3.44. The summed E-state index contributed by atoms with van der Waals surface area (Å²) in [6, 6.07) is 8.91. The van der Waals surface area contributed by atoms with Gasteiger partial charge >= 0.3 is 0 Å². The summed E-state index contributed by atoms with van der Waals surface area (Å²) in [6.07, 6.45) is 9.51. The number of benzene rings is 2. The fourth-order valence-corrected chi connectivity index (χ4v) is 10.1.